The fraction of sp³-hybridized carbons (Fsp3) is 0.538. The third kappa shape index (κ3) is 5.51. The summed E-state index contributed by atoms with van der Waals surface area (Å²) in [5.74, 6) is 0.00372. The summed E-state index contributed by atoms with van der Waals surface area (Å²) in [5.41, 5.74) is 6.95. The van der Waals surface area contributed by atoms with E-state index in [1.807, 2.05) is 6.92 Å². The molecule has 0 spiro atoms. The molecule has 1 atom stereocenters. The predicted molar refractivity (Wildman–Crippen MR) is 75.6 cm³/mol. The number of rotatable bonds is 7. The number of nitrogens with two attached hydrogens (primary N) is 1. The second-order valence-corrected chi connectivity index (χ2v) is 6.42. The van der Waals surface area contributed by atoms with Crippen molar-refractivity contribution in [1.29, 1.82) is 0 Å². The lowest BCUT2D eigenvalue weighted by Gasteiger charge is -2.13. The van der Waals surface area contributed by atoms with E-state index in [1.165, 1.54) is 0 Å². The van der Waals surface area contributed by atoms with Crippen molar-refractivity contribution >= 4 is 15.7 Å². The highest BCUT2D eigenvalue weighted by atomic mass is 32.2. The number of sulfonamides is 1. The molecule has 3 N–H and O–H groups in total. The van der Waals surface area contributed by atoms with Gasteiger partial charge in [0.25, 0.3) is 0 Å². The highest BCUT2D eigenvalue weighted by Gasteiger charge is 2.14. The number of benzene rings is 1. The molecule has 0 amide bonds. The lowest BCUT2D eigenvalue weighted by atomic mass is 10.2. The number of anilines is 1. The van der Waals surface area contributed by atoms with Gasteiger partial charge in [0.05, 0.1) is 5.75 Å². The van der Waals surface area contributed by atoms with E-state index >= 15 is 0 Å². The molecule has 0 aliphatic carbocycles. The Balaban J connectivity index is 2.56. The van der Waals surface area contributed by atoms with Gasteiger partial charge >= 0.3 is 0 Å². The van der Waals surface area contributed by atoms with Crippen molar-refractivity contribution in [2.45, 2.75) is 44.9 Å². The summed E-state index contributed by atoms with van der Waals surface area (Å²) in [4.78, 5) is 0. The van der Waals surface area contributed by atoms with Crippen molar-refractivity contribution in [2.24, 2.45) is 0 Å². The first-order chi connectivity index (χ1) is 8.43. The van der Waals surface area contributed by atoms with Gasteiger partial charge in [-0.3, -0.25) is 0 Å². The van der Waals surface area contributed by atoms with Crippen LogP contribution in [-0.2, 0) is 15.8 Å². The van der Waals surface area contributed by atoms with Crippen LogP contribution in [-0.4, -0.2) is 14.5 Å². The molecule has 0 heterocycles. The van der Waals surface area contributed by atoms with Gasteiger partial charge in [0, 0.05) is 11.7 Å². The molecule has 0 aromatic heterocycles. The van der Waals surface area contributed by atoms with Crippen LogP contribution in [0, 0.1) is 0 Å². The Morgan fingerprint density at radius 3 is 2.44 bits per heavy atom. The van der Waals surface area contributed by atoms with Crippen LogP contribution < -0.4 is 10.5 Å². The van der Waals surface area contributed by atoms with Crippen molar-refractivity contribution in [3.63, 3.8) is 0 Å². The second kappa shape index (κ2) is 6.75. The zero-order chi connectivity index (χ0) is 13.6. The van der Waals surface area contributed by atoms with Crippen molar-refractivity contribution in [1.82, 2.24) is 4.72 Å². The molecule has 0 aliphatic heterocycles. The van der Waals surface area contributed by atoms with E-state index < -0.39 is 10.0 Å². The quantitative estimate of drug-likeness (QED) is 0.747. The Morgan fingerprint density at radius 1 is 1.28 bits per heavy atom. The minimum absolute atomic E-state index is 0.00372. The smallest absolute Gasteiger partial charge is 0.216 e. The molecule has 18 heavy (non-hydrogen) atoms. The first-order valence-electron chi connectivity index (χ1n) is 6.27. The van der Waals surface area contributed by atoms with Crippen LogP contribution in [0.2, 0.25) is 0 Å². The van der Waals surface area contributed by atoms with E-state index in [-0.39, 0.29) is 11.8 Å². The van der Waals surface area contributed by atoms with Crippen molar-refractivity contribution in [3.05, 3.63) is 29.8 Å². The molecule has 0 saturated carbocycles. The number of unbranched alkanes of at least 4 members (excludes halogenated alkanes) is 1. The Morgan fingerprint density at radius 2 is 1.89 bits per heavy atom. The van der Waals surface area contributed by atoms with Crippen LogP contribution in [0.4, 0.5) is 5.69 Å². The number of nitrogens with one attached hydrogen (secondary N) is 1. The van der Waals surface area contributed by atoms with Gasteiger partial charge in [0.2, 0.25) is 10.0 Å². The molecule has 0 saturated heterocycles. The molecule has 0 fully saturated rings. The molecular formula is C13H22N2O2S. The van der Waals surface area contributed by atoms with E-state index in [9.17, 15) is 8.42 Å². The highest BCUT2D eigenvalue weighted by molar-refractivity contribution is 7.88. The molecule has 1 aromatic rings. The van der Waals surface area contributed by atoms with Crippen molar-refractivity contribution in [3.8, 4) is 0 Å². The van der Waals surface area contributed by atoms with Gasteiger partial charge in [-0.25, -0.2) is 13.1 Å². The molecule has 5 heteroatoms. The number of hydrogen-bond donors (Lipinski definition) is 2. The van der Waals surface area contributed by atoms with Gasteiger partial charge in [-0.2, -0.15) is 0 Å². The average Bonchev–Trinajstić information content (AvgIpc) is 2.28. The van der Waals surface area contributed by atoms with E-state index in [4.69, 9.17) is 5.73 Å². The van der Waals surface area contributed by atoms with Crippen LogP contribution in [0.15, 0.2) is 24.3 Å². The largest absolute Gasteiger partial charge is 0.399 e. The second-order valence-electron chi connectivity index (χ2n) is 4.66. The molecule has 1 unspecified atom stereocenters. The Bertz CT molecular complexity index is 454. The average molecular weight is 270 g/mol. The predicted octanol–water partition coefficient (Wildman–Crippen LogP) is 2.27. The zero-order valence-electron chi connectivity index (χ0n) is 11.0. The lowest BCUT2D eigenvalue weighted by Crippen LogP contribution is -2.33. The Kier molecular flexibility index (Phi) is 5.62. The summed E-state index contributed by atoms with van der Waals surface area (Å²) in [5, 5.41) is 0. The zero-order valence-corrected chi connectivity index (χ0v) is 11.8. The Hall–Kier alpha value is -1.07. The fourth-order valence-corrected chi connectivity index (χ4v) is 3.20. The van der Waals surface area contributed by atoms with Crippen LogP contribution in [0.3, 0.4) is 0 Å². The maximum absolute atomic E-state index is 11.9. The molecule has 0 aliphatic rings. The summed E-state index contributed by atoms with van der Waals surface area (Å²) in [6, 6.07) is 6.90. The third-order valence-electron chi connectivity index (χ3n) is 2.71. The van der Waals surface area contributed by atoms with Crippen LogP contribution in [0.5, 0.6) is 0 Å². The van der Waals surface area contributed by atoms with E-state index in [2.05, 4.69) is 11.6 Å². The van der Waals surface area contributed by atoms with Crippen LogP contribution >= 0.6 is 0 Å². The molecule has 1 rings (SSSR count). The molecule has 0 radical (unpaired) electrons. The standard InChI is InChI=1S/C13H22N2O2S/c1-3-4-5-11(2)15-18(16,17)10-12-6-8-13(14)9-7-12/h6-9,11,15H,3-5,10,14H2,1-2H3. The maximum Gasteiger partial charge on any atom is 0.216 e. The van der Waals surface area contributed by atoms with Crippen LogP contribution in [0.1, 0.15) is 38.7 Å². The minimum Gasteiger partial charge on any atom is -0.399 e. The van der Waals surface area contributed by atoms with Gasteiger partial charge < -0.3 is 5.73 Å². The van der Waals surface area contributed by atoms with Gasteiger partial charge in [-0.15, -0.1) is 0 Å². The monoisotopic (exact) mass is 270 g/mol. The minimum atomic E-state index is -3.27. The summed E-state index contributed by atoms with van der Waals surface area (Å²) in [6.07, 6.45) is 2.98. The van der Waals surface area contributed by atoms with Gasteiger partial charge in [-0.05, 0) is 31.0 Å². The van der Waals surface area contributed by atoms with E-state index in [1.54, 1.807) is 24.3 Å². The third-order valence-corrected chi connectivity index (χ3v) is 4.18. The lowest BCUT2D eigenvalue weighted by molar-refractivity contribution is 0.533. The molecule has 1 aromatic carbocycles. The summed E-state index contributed by atoms with van der Waals surface area (Å²) in [7, 11) is -3.27. The van der Waals surface area contributed by atoms with Gasteiger partial charge in [0.1, 0.15) is 0 Å². The van der Waals surface area contributed by atoms with Crippen molar-refractivity contribution < 1.29 is 8.42 Å². The van der Waals surface area contributed by atoms with Crippen molar-refractivity contribution in [2.75, 3.05) is 5.73 Å². The topological polar surface area (TPSA) is 72.2 Å². The molecule has 0 bridgehead atoms. The summed E-state index contributed by atoms with van der Waals surface area (Å²) < 4.78 is 26.5. The molecular weight excluding hydrogens is 248 g/mol. The first-order valence-corrected chi connectivity index (χ1v) is 7.92. The summed E-state index contributed by atoms with van der Waals surface area (Å²) >= 11 is 0. The molecule has 102 valence electrons. The number of hydrogen-bond acceptors (Lipinski definition) is 3. The first kappa shape index (κ1) is 15.0. The fourth-order valence-electron chi connectivity index (χ4n) is 1.75. The highest BCUT2D eigenvalue weighted by Crippen LogP contribution is 2.10. The van der Waals surface area contributed by atoms with E-state index in [0.29, 0.717) is 5.69 Å². The van der Waals surface area contributed by atoms with Gasteiger partial charge in [0.15, 0.2) is 0 Å². The molecule has 4 nitrogen and oxygen atoms in total. The normalized spacial score (nSPS) is 13.4. The van der Waals surface area contributed by atoms with E-state index in [0.717, 1.165) is 24.8 Å². The number of nitrogen functional groups attached to an aromatic ring is 1. The summed E-state index contributed by atoms with van der Waals surface area (Å²) in [6.45, 7) is 3.99. The maximum atomic E-state index is 11.9. The SMILES string of the molecule is CCCCC(C)NS(=O)(=O)Cc1ccc(N)cc1. The van der Waals surface area contributed by atoms with Gasteiger partial charge in [-0.1, -0.05) is 31.9 Å². The Labute approximate surface area is 110 Å². The van der Waals surface area contributed by atoms with Crippen LogP contribution in [0.25, 0.3) is 0 Å².